The van der Waals surface area contributed by atoms with E-state index in [0.29, 0.717) is 19.0 Å². The van der Waals surface area contributed by atoms with E-state index in [9.17, 15) is 18.3 Å². The fraction of sp³-hybridized carbons (Fsp3) is 0.846. The third kappa shape index (κ3) is 3.06. The van der Waals surface area contributed by atoms with Gasteiger partial charge < -0.3 is 10.0 Å². The number of aliphatic hydroxyl groups is 1. The van der Waals surface area contributed by atoms with Crippen LogP contribution in [0.4, 0.5) is 13.2 Å². The molecule has 0 aromatic heterocycles. The van der Waals surface area contributed by atoms with Crippen LogP contribution in [0, 0.1) is 5.92 Å². The molecule has 0 saturated carbocycles. The minimum Gasteiger partial charge on any atom is -0.380 e. The van der Waals surface area contributed by atoms with E-state index < -0.39 is 11.8 Å². The van der Waals surface area contributed by atoms with Crippen molar-refractivity contribution >= 4 is 0 Å². The lowest BCUT2D eigenvalue weighted by Gasteiger charge is -2.40. The first-order valence-corrected chi connectivity index (χ1v) is 6.57. The summed E-state index contributed by atoms with van der Waals surface area (Å²) in [5.74, 6) is 0.562. The molecule has 2 rings (SSSR count). The van der Waals surface area contributed by atoms with Crippen LogP contribution in [0.2, 0.25) is 0 Å². The highest BCUT2D eigenvalue weighted by Gasteiger charge is 2.54. The Labute approximate surface area is 105 Å². The molecule has 0 spiro atoms. The predicted molar refractivity (Wildman–Crippen MR) is 63.2 cm³/mol. The van der Waals surface area contributed by atoms with E-state index in [4.69, 9.17) is 0 Å². The highest BCUT2D eigenvalue weighted by Crippen LogP contribution is 2.38. The number of halogens is 3. The van der Waals surface area contributed by atoms with Crippen molar-refractivity contribution in [1.82, 2.24) is 4.90 Å². The Bertz CT molecular complexity index is 306. The molecule has 1 unspecified atom stereocenters. The van der Waals surface area contributed by atoms with Crippen molar-refractivity contribution in [2.24, 2.45) is 5.92 Å². The van der Waals surface area contributed by atoms with E-state index in [1.807, 2.05) is 0 Å². The van der Waals surface area contributed by atoms with E-state index in [0.717, 1.165) is 25.8 Å². The molecule has 5 heteroatoms. The number of hydrogen-bond acceptors (Lipinski definition) is 2. The lowest BCUT2D eigenvalue weighted by atomic mass is 9.88. The Morgan fingerprint density at radius 1 is 1.22 bits per heavy atom. The lowest BCUT2D eigenvalue weighted by molar-refractivity contribution is -0.272. The fourth-order valence-corrected chi connectivity index (χ4v) is 2.78. The summed E-state index contributed by atoms with van der Waals surface area (Å²) in [6.45, 7) is 1.55. The summed E-state index contributed by atoms with van der Waals surface area (Å²) in [5, 5.41) is 9.57. The molecule has 2 nitrogen and oxygen atoms in total. The second kappa shape index (κ2) is 5.21. The van der Waals surface area contributed by atoms with Gasteiger partial charge in [-0.2, -0.15) is 13.2 Å². The van der Waals surface area contributed by atoms with Crippen molar-refractivity contribution < 1.29 is 18.3 Å². The number of hydrogen-bond donors (Lipinski definition) is 1. The number of rotatable bonds is 2. The van der Waals surface area contributed by atoms with Gasteiger partial charge in [0.2, 0.25) is 0 Å². The van der Waals surface area contributed by atoms with Gasteiger partial charge >= 0.3 is 6.18 Å². The number of nitrogens with zero attached hydrogens (tertiary/aromatic N) is 1. The van der Waals surface area contributed by atoms with E-state index in [2.05, 4.69) is 17.1 Å². The number of piperidine rings is 1. The van der Waals surface area contributed by atoms with Gasteiger partial charge in [0.1, 0.15) is 0 Å². The van der Waals surface area contributed by atoms with E-state index in [1.165, 1.54) is 0 Å². The maximum atomic E-state index is 12.6. The van der Waals surface area contributed by atoms with Gasteiger partial charge in [0.05, 0.1) is 0 Å². The highest BCUT2D eigenvalue weighted by molar-refractivity contribution is 4.94. The number of likely N-dealkylation sites (tertiary alicyclic amines) is 1. The summed E-state index contributed by atoms with van der Waals surface area (Å²) in [4.78, 5) is 2.06. The van der Waals surface area contributed by atoms with Crippen molar-refractivity contribution in [3.8, 4) is 0 Å². The molecule has 0 aromatic rings. The molecule has 2 aliphatic rings. The largest absolute Gasteiger partial charge is 0.417 e. The Morgan fingerprint density at radius 3 is 2.39 bits per heavy atom. The molecule has 1 atom stereocenters. The molecular weight excluding hydrogens is 243 g/mol. The van der Waals surface area contributed by atoms with Crippen LogP contribution in [0.25, 0.3) is 0 Å². The zero-order valence-corrected chi connectivity index (χ0v) is 10.4. The molecule has 0 bridgehead atoms. The fourth-order valence-electron chi connectivity index (χ4n) is 2.78. The van der Waals surface area contributed by atoms with Crippen LogP contribution < -0.4 is 0 Å². The van der Waals surface area contributed by atoms with Crippen LogP contribution in [0.3, 0.4) is 0 Å². The van der Waals surface area contributed by atoms with Gasteiger partial charge in [-0.25, -0.2) is 0 Å². The van der Waals surface area contributed by atoms with Gasteiger partial charge in [-0.3, -0.25) is 0 Å². The summed E-state index contributed by atoms with van der Waals surface area (Å²) < 4.78 is 37.9. The summed E-state index contributed by atoms with van der Waals surface area (Å²) >= 11 is 0. The van der Waals surface area contributed by atoms with E-state index >= 15 is 0 Å². The summed E-state index contributed by atoms with van der Waals surface area (Å²) in [6, 6.07) is 0. The van der Waals surface area contributed by atoms with Crippen LogP contribution in [0.15, 0.2) is 12.2 Å². The standard InChI is InChI=1S/C13H20F3NO/c14-13(15,16)12(18)6-8-17(9-7-12)10-11-4-2-1-3-5-11/h1-2,11,18H,3-10H2. The Kier molecular flexibility index (Phi) is 4.02. The summed E-state index contributed by atoms with van der Waals surface area (Å²) in [6.07, 6.45) is 2.66. The minimum atomic E-state index is -4.49. The molecule has 1 heterocycles. The van der Waals surface area contributed by atoms with Crippen LogP contribution in [-0.4, -0.2) is 41.4 Å². The highest BCUT2D eigenvalue weighted by atomic mass is 19.4. The van der Waals surface area contributed by atoms with Crippen LogP contribution >= 0.6 is 0 Å². The quantitative estimate of drug-likeness (QED) is 0.774. The van der Waals surface area contributed by atoms with Gasteiger partial charge in [-0.15, -0.1) is 0 Å². The Hall–Kier alpha value is -0.550. The molecule has 104 valence electrons. The van der Waals surface area contributed by atoms with E-state index in [-0.39, 0.29) is 12.8 Å². The maximum absolute atomic E-state index is 12.6. The van der Waals surface area contributed by atoms with Crippen LogP contribution in [0.5, 0.6) is 0 Å². The average Bonchev–Trinajstić information content (AvgIpc) is 2.32. The van der Waals surface area contributed by atoms with Crippen molar-refractivity contribution in [3.05, 3.63) is 12.2 Å². The van der Waals surface area contributed by atoms with Gasteiger partial charge in [0.25, 0.3) is 0 Å². The van der Waals surface area contributed by atoms with E-state index in [1.54, 1.807) is 0 Å². The van der Waals surface area contributed by atoms with Crippen molar-refractivity contribution in [2.45, 2.75) is 43.9 Å². The zero-order valence-electron chi connectivity index (χ0n) is 10.4. The first-order chi connectivity index (χ1) is 8.41. The molecule has 0 aromatic carbocycles. The molecular formula is C13H20F3NO. The van der Waals surface area contributed by atoms with Crippen LogP contribution in [0.1, 0.15) is 32.1 Å². The molecule has 1 N–H and O–H groups in total. The molecule has 1 aliphatic carbocycles. The monoisotopic (exact) mass is 263 g/mol. The molecule has 0 amide bonds. The molecule has 1 fully saturated rings. The first-order valence-electron chi connectivity index (χ1n) is 6.57. The predicted octanol–water partition coefficient (Wildman–Crippen LogP) is 2.73. The Balaban J connectivity index is 1.81. The molecule has 0 radical (unpaired) electrons. The smallest absolute Gasteiger partial charge is 0.380 e. The number of allylic oxidation sites excluding steroid dienone is 2. The summed E-state index contributed by atoms with van der Waals surface area (Å²) in [5.41, 5.74) is -2.46. The van der Waals surface area contributed by atoms with Gasteiger partial charge in [-0.1, -0.05) is 12.2 Å². The summed E-state index contributed by atoms with van der Waals surface area (Å²) in [7, 11) is 0. The maximum Gasteiger partial charge on any atom is 0.417 e. The van der Waals surface area contributed by atoms with Crippen molar-refractivity contribution in [3.63, 3.8) is 0 Å². The second-order valence-corrected chi connectivity index (χ2v) is 5.48. The van der Waals surface area contributed by atoms with Gasteiger partial charge in [0, 0.05) is 19.6 Å². The third-order valence-corrected chi connectivity index (χ3v) is 4.10. The SMILES string of the molecule is OC1(C(F)(F)F)CCN(CC2CC=CCC2)CC1. The first kappa shape index (κ1) is 13.9. The van der Waals surface area contributed by atoms with Crippen molar-refractivity contribution in [1.29, 1.82) is 0 Å². The Morgan fingerprint density at radius 2 is 1.89 bits per heavy atom. The third-order valence-electron chi connectivity index (χ3n) is 4.10. The van der Waals surface area contributed by atoms with Gasteiger partial charge in [-0.05, 0) is 38.0 Å². The minimum absolute atomic E-state index is 0.195. The normalized spacial score (nSPS) is 29.4. The second-order valence-electron chi connectivity index (χ2n) is 5.48. The van der Waals surface area contributed by atoms with Crippen LogP contribution in [-0.2, 0) is 0 Å². The van der Waals surface area contributed by atoms with Gasteiger partial charge in [0.15, 0.2) is 5.60 Å². The topological polar surface area (TPSA) is 23.5 Å². The lowest BCUT2D eigenvalue weighted by Crippen LogP contribution is -2.53. The number of alkyl halides is 3. The zero-order chi connectivity index (χ0) is 13.2. The molecule has 1 saturated heterocycles. The molecule has 1 aliphatic heterocycles. The van der Waals surface area contributed by atoms with Crippen molar-refractivity contribution in [2.75, 3.05) is 19.6 Å². The average molecular weight is 263 g/mol. The molecule has 18 heavy (non-hydrogen) atoms.